The first kappa shape index (κ1) is 17.4. The van der Waals surface area contributed by atoms with Crippen molar-refractivity contribution >= 4 is 23.6 Å². The van der Waals surface area contributed by atoms with Gasteiger partial charge in [0.1, 0.15) is 6.54 Å². The van der Waals surface area contributed by atoms with Gasteiger partial charge in [-0.3, -0.25) is 4.79 Å². The standard InChI is InChI=1S/C17H20N2O3S/c18-9-10-19-16(20)15-4-2-1-3-13(15)11-23-14-7-5-12(6-8-14)17(21)22/h5-8,13,15H,1-4,10-11H2,(H,19,20)(H,21,22). The molecule has 0 spiro atoms. The molecule has 23 heavy (non-hydrogen) atoms. The van der Waals surface area contributed by atoms with Crippen molar-refractivity contribution in [2.45, 2.75) is 30.6 Å². The topological polar surface area (TPSA) is 90.2 Å². The van der Waals surface area contributed by atoms with E-state index in [2.05, 4.69) is 5.32 Å². The number of nitrogens with zero attached hydrogens (tertiary/aromatic N) is 1. The number of rotatable bonds is 6. The molecule has 0 heterocycles. The van der Waals surface area contributed by atoms with Crippen LogP contribution in [0.4, 0.5) is 0 Å². The van der Waals surface area contributed by atoms with E-state index in [1.807, 2.05) is 18.2 Å². The smallest absolute Gasteiger partial charge is 0.335 e. The minimum absolute atomic E-state index is 0.0157. The lowest BCUT2D eigenvalue weighted by Gasteiger charge is -2.30. The van der Waals surface area contributed by atoms with E-state index in [0.29, 0.717) is 5.92 Å². The van der Waals surface area contributed by atoms with Gasteiger partial charge in [0.25, 0.3) is 0 Å². The molecule has 1 aliphatic rings. The second kappa shape index (κ2) is 8.59. The molecule has 1 aliphatic carbocycles. The third kappa shape index (κ3) is 5.00. The second-order valence-electron chi connectivity index (χ2n) is 5.67. The maximum atomic E-state index is 12.2. The average Bonchev–Trinajstić information content (AvgIpc) is 2.58. The van der Waals surface area contributed by atoms with Crippen molar-refractivity contribution in [2.24, 2.45) is 11.8 Å². The van der Waals surface area contributed by atoms with Crippen molar-refractivity contribution in [1.82, 2.24) is 5.32 Å². The Morgan fingerprint density at radius 3 is 2.61 bits per heavy atom. The van der Waals surface area contributed by atoms with Gasteiger partial charge >= 0.3 is 5.97 Å². The highest BCUT2D eigenvalue weighted by Gasteiger charge is 2.30. The average molecular weight is 332 g/mol. The molecular weight excluding hydrogens is 312 g/mol. The van der Waals surface area contributed by atoms with E-state index < -0.39 is 5.97 Å². The van der Waals surface area contributed by atoms with E-state index in [9.17, 15) is 9.59 Å². The van der Waals surface area contributed by atoms with Crippen LogP contribution in [0.15, 0.2) is 29.2 Å². The molecule has 1 fully saturated rings. The minimum Gasteiger partial charge on any atom is -0.478 e. The molecule has 0 bridgehead atoms. The highest BCUT2D eigenvalue weighted by atomic mass is 32.2. The van der Waals surface area contributed by atoms with Crippen LogP contribution in [0.25, 0.3) is 0 Å². The zero-order chi connectivity index (χ0) is 16.7. The largest absolute Gasteiger partial charge is 0.478 e. The highest BCUT2D eigenvalue weighted by molar-refractivity contribution is 7.99. The molecule has 0 saturated heterocycles. The van der Waals surface area contributed by atoms with Crippen LogP contribution in [-0.2, 0) is 4.79 Å². The fraction of sp³-hybridized carbons (Fsp3) is 0.471. The van der Waals surface area contributed by atoms with Crippen LogP contribution in [0.2, 0.25) is 0 Å². The molecule has 0 aliphatic heterocycles. The van der Waals surface area contributed by atoms with Crippen molar-refractivity contribution in [1.29, 1.82) is 5.26 Å². The van der Waals surface area contributed by atoms with Gasteiger partial charge in [0.15, 0.2) is 0 Å². The first-order valence-electron chi connectivity index (χ1n) is 7.72. The maximum absolute atomic E-state index is 12.2. The van der Waals surface area contributed by atoms with Gasteiger partial charge < -0.3 is 10.4 Å². The molecule has 1 aromatic carbocycles. The van der Waals surface area contributed by atoms with Gasteiger partial charge in [0.2, 0.25) is 5.91 Å². The number of nitriles is 1. The van der Waals surface area contributed by atoms with Crippen LogP contribution in [-0.4, -0.2) is 29.3 Å². The van der Waals surface area contributed by atoms with Crippen LogP contribution in [0.5, 0.6) is 0 Å². The summed E-state index contributed by atoms with van der Waals surface area (Å²) in [5, 5.41) is 20.2. The molecule has 2 unspecified atom stereocenters. The van der Waals surface area contributed by atoms with E-state index in [0.717, 1.165) is 36.3 Å². The van der Waals surface area contributed by atoms with Gasteiger partial charge in [-0.15, -0.1) is 11.8 Å². The van der Waals surface area contributed by atoms with Crippen molar-refractivity contribution in [3.05, 3.63) is 29.8 Å². The maximum Gasteiger partial charge on any atom is 0.335 e. The molecule has 122 valence electrons. The predicted octanol–water partition coefficient (Wildman–Crippen LogP) is 2.92. The Morgan fingerprint density at radius 2 is 1.96 bits per heavy atom. The van der Waals surface area contributed by atoms with E-state index in [1.54, 1.807) is 23.9 Å². The third-order valence-corrected chi connectivity index (χ3v) is 5.35. The molecule has 0 aromatic heterocycles. The lowest BCUT2D eigenvalue weighted by atomic mass is 9.80. The molecule has 2 rings (SSSR count). The van der Waals surface area contributed by atoms with Crippen molar-refractivity contribution < 1.29 is 14.7 Å². The van der Waals surface area contributed by atoms with E-state index in [4.69, 9.17) is 10.4 Å². The summed E-state index contributed by atoms with van der Waals surface area (Å²) in [6, 6.07) is 8.75. The fourth-order valence-electron chi connectivity index (χ4n) is 2.91. The van der Waals surface area contributed by atoms with Gasteiger partial charge in [-0.05, 0) is 43.0 Å². The van der Waals surface area contributed by atoms with Gasteiger partial charge in [-0.2, -0.15) is 5.26 Å². The molecule has 6 heteroatoms. The summed E-state index contributed by atoms with van der Waals surface area (Å²) in [7, 11) is 0. The van der Waals surface area contributed by atoms with Crippen molar-refractivity contribution in [2.75, 3.05) is 12.3 Å². The van der Waals surface area contributed by atoms with Gasteiger partial charge in [-0.1, -0.05) is 12.8 Å². The normalized spacial score (nSPS) is 20.5. The number of hydrogen-bond acceptors (Lipinski definition) is 4. The number of nitrogens with one attached hydrogen (secondary N) is 1. The minimum atomic E-state index is -0.928. The quantitative estimate of drug-likeness (QED) is 0.617. The van der Waals surface area contributed by atoms with Crippen LogP contribution in [0, 0.1) is 23.2 Å². The van der Waals surface area contributed by atoms with Gasteiger partial charge in [-0.25, -0.2) is 4.79 Å². The lowest BCUT2D eigenvalue weighted by Crippen LogP contribution is -2.37. The lowest BCUT2D eigenvalue weighted by molar-refractivity contribution is -0.127. The number of benzene rings is 1. The summed E-state index contributed by atoms with van der Waals surface area (Å²) in [5.41, 5.74) is 0.278. The van der Waals surface area contributed by atoms with Crippen LogP contribution >= 0.6 is 11.8 Å². The second-order valence-corrected chi connectivity index (χ2v) is 6.76. The number of carbonyl (C=O) groups is 2. The van der Waals surface area contributed by atoms with Crippen LogP contribution in [0.3, 0.4) is 0 Å². The Labute approximate surface area is 140 Å². The van der Waals surface area contributed by atoms with Crippen LogP contribution < -0.4 is 5.32 Å². The Kier molecular flexibility index (Phi) is 6.48. The number of aromatic carboxylic acids is 1. The molecule has 1 aromatic rings. The molecule has 1 amide bonds. The predicted molar refractivity (Wildman–Crippen MR) is 88.2 cm³/mol. The zero-order valence-corrected chi connectivity index (χ0v) is 13.6. The van der Waals surface area contributed by atoms with E-state index in [-0.39, 0.29) is 23.9 Å². The van der Waals surface area contributed by atoms with E-state index in [1.165, 1.54) is 0 Å². The number of carboxylic acid groups (broad SMARTS) is 1. The Balaban J connectivity index is 1.92. The molecule has 1 saturated carbocycles. The number of carbonyl (C=O) groups excluding carboxylic acids is 1. The first-order chi connectivity index (χ1) is 11.1. The van der Waals surface area contributed by atoms with Crippen molar-refractivity contribution in [3.8, 4) is 6.07 Å². The van der Waals surface area contributed by atoms with Gasteiger partial charge in [0.05, 0.1) is 11.6 Å². The molecule has 5 nitrogen and oxygen atoms in total. The Hall–Kier alpha value is -2.00. The Morgan fingerprint density at radius 1 is 1.26 bits per heavy atom. The molecule has 2 atom stereocenters. The number of hydrogen-bond donors (Lipinski definition) is 2. The van der Waals surface area contributed by atoms with E-state index >= 15 is 0 Å². The first-order valence-corrected chi connectivity index (χ1v) is 8.71. The summed E-state index contributed by atoms with van der Waals surface area (Å²) >= 11 is 1.65. The highest BCUT2D eigenvalue weighted by Crippen LogP contribution is 2.34. The third-order valence-electron chi connectivity index (χ3n) is 4.15. The fourth-order valence-corrected chi connectivity index (χ4v) is 4.04. The monoisotopic (exact) mass is 332 g/mol. The summed E-state index contributed by atoms with van der Waals surface area (Å²) in [6.07, 6.45) is 4.08. The number of thioether (sulfide) groups is 1. The summed E-state index contributed by atoms with van der Waals surface area (Å²) in [5.74, 6) is 0.160. The summed E-state index contributed by atoms with van der Waals surface area (Å²) in [4.78, 5) is 24.0. The molecular formula is C17H20N2O3S. The number of amides is 1. The zero-order valence-electron chi connectivity index (χ0n) is 12.8. The summed E-state index contributed by atoms with van der Waals surface area (Å²) in [6.45, 7) is 0.0614. The SMILES string of the molecule is N#CCNC(=O)C1CCCCC1CSc1ccc(C(=O)O)cc1. The number of carboxylic acids is 1. The summed E-state index contributed by atoms with van der Waals surface area (Å²) < 4.78 is 0. The van der Waals surface area contributed by atoms with Crippen LogP contribution in [0.1, 0.15) is 36.0 Å². The van der Waals surface area contributed by atoms with Gasteiger partial charge in [0, 0.05) is 16.6 Å². The molecule has 2 N–H and O–H groups in total. The Bertz CT molecular complexity index is 595. The molecule has 0 radical (unpaired) electrons. The van der Waals surface area contributed by atoms with Crippen molar-refractivity contribution in [3.63, 3.8) is 0 Å².